The molecule has 0 saturated heterocycles. The Labute approximate surface area is 111 Å². The second-order valence-electron chi connectivity index (χ2n) is 3.99. The number of hydrogen-bond donors (Lipinski definition) is 0. The molecule has 0 amide bonds. The van der Waals surface area contributed by atoms with Crippen molar-refractivity contribution in [1.82, 2.24) is 0 Å². The lowest BCUT2D eigenvalue weighted by Crippen LogP contribution is -2.00. The highest BCUT2D eigenvalue weighted by atomic mass is 127. The lowest BCUT2D eigenvalue weighted by Gasteiger charge is -2.04. The van der Waals surface area contributed by atoms with E-state index in [0.29, 0.717) is 17.3 Å². The lowest BCUT2D eigenvalue weighted by atomic mass is 10.1. The average molecular weight is 344 g/mol. The number of carbonyl (C=O) groups excluding carboxylic acids is 1. The summed E-state index contributed by atoms with van der Waals surface area (Å²) in [5.41, 5.74) is 0. The summed E-state index contributed by atoms with van der Waals surface area (Å²) in [4.78, 5) is 10.8. The second kappa shape index (κ2) is 11.6. The number of halogens is 2. The van der Waals surface area contributed by atoms with E-state index in [1.807, 2.05) is 0 Å². The van der Waals surface area contributed by atoms with Gasteiger partial charge in [-0.05, 0) is 12.8 Å². The Kier molecular flexibility index (Phi) is 11.7. The predicted octanol–water partition coefficient (Wildman–Crippen LogP) is 4.05. The van der Waals surface area contributed by atoms with Gasteiger partial charge in [-0.2, -0.15) is 0 Å². The van der Waals surface area contributed by atoms with E-state index in [1.165, 1.54) is 7.11 Å². The quantitative estimate of drug-likeness (QED) is 0.259. The molecule has 0 bridgehead atoms. The molecule has 0 fully saturated rings. The fourth-order valence-electron chi connectivity index (χ4n) is 1.52. The standard InChI is InChI=1S/C12H22FIO2/c1-16-12(15)9-7-5-3-2-4-6-8-11(13)10-14/h11H,2-10H2,1H3. The third-order valence-corrected chi connectivity index (χ3v) is 3.50. The molecule has 0 aliphatic heterocycles. The number of carbonyl (C=O) groups is 1. The molecule has 1 unspecified atom stereocenters. The van der Waals surface area contributed by atoms with Crippen LogP contribution in [-0.2, 0) is 9.53 Å². The van der Waals surface area contributed by atoms with Crippen LogP contribution in [0.5, 0.6) is 0 Å². The van der Waals surface area contributed by atoms with Gasteiger partial charge in [-0.3, -0.25) is 4.79 Å². The van der Waals surface area contributed by atoms with Crippen LogP contribution in [0.2, 0.25) is 0 Å². The van der Waals surface area contributed by atoms with Crippen LogP contribution >= 0.6 is 22.6 Å². The maximum Gasteiger partial charge on any atom is 0.305 e. The van der Waals surface area contributed by atoms with Gasteiger partial charge in [0.1, 0.15) is 6.17 Å². The summed E-state index contributed by atoms with van der Waals surface area (Å²) in [6.45, 7) is 0. The molecule has 2 nitrogen and oxygen atoms in total. The van der Waals surface area contributed by atoms with Crippen LogP contribution in [0.25, 0.3) is 0 Å². The Morgan fingerprint density at radius 1 is 1.19 bits per heavy atom. The summed E-state index contributed by atoms with van der Waals surface area (Å²) >= 11 is 2.08. The second-order valence-corrected chi connectivity index (χ2v) is 4.87. The molecule has 0 radical (unpaired) electrons. The van der Waals surface area contributed by atoms with E-state index in [-0.39, 0.29) is 5.97 Å². The molecule has 0 heterocycles. The molecule has 0 spiro atoms. The number of esters is 1. The molecule has 0 rings (SSSR count). The van der Waals surface area contributed by atoms with E-state index >= 15 is 0 Å². The van der Waals surface area contributed by atoms with Gasteiger partial charge in [-0.15, -0.1) is 0 Å². The van der Waals surface area contributed by atoms with Crippen molar-refractivity contribution in [2.75, 3.05) is 11.5 Å². The van der Waals surface area contributed by atoms with Crippen LogP contribution in [0.1, 0.15) is 51.4 Å². The van der Waals surface area contributed by atoms with E-state index < -0.39 is 6.17 Å². The van der Waals surface area contributed by atoms with Crippen molar-refractivity contribution in [2.45, 2.75) is 57.5 Å². The van der Waals surface area contributed by atoms with E-state index in [9.17, 15) is 9.18 Å². The van der Waals surface area contributed by atoms with E-state index in [2.05, 4.69) is 27.3 Å². The van der Waals surface area contributed by atoms with Crippen LogP contribution in [0.4, 0.5) is 4.39 Å². The Balaban J connectivity index is 3.07. The van der Waals surface area contributed by atoms with Crippen LogP contribution < -0.4 is 0 Å². The third kappa shape index (κ3) is 10.6. The molecule has 0 aliphatic rings. The summed E-state index contributed by atoms with van der Waals surface area (Å²) in [6, 6.07) is 0. The number of hydrogen-bond acceptors (Lipinski definition) is 2. The smallest absolute Gasteiger partial charge is 0.305 e. The number of unbranched alkanes of at least 4 members (excludes halogenated alkanes) is 5. The Bertz CT molecular complexity index is 176. The van der Waals surface area contributed by atoms with Crippen molar-refractivity contribution >= 4 is 28.6 Å². The molecule has 16 heavy (non-hydrogen) atoms. The molecule has 1 atom stereocenters. The molecule has 0 aromatic carbocycles. The van der Waals surface area contributed by atoms with E-state index in [4.69, 9.17) is 0 Å². The molecule has 0 saturated carbocycles. The monoisotopic (exact) mass is 344 g/mol. The van der Waals surface area contributed by atoms with E-state index in [1.54, 1.807) is 0 Å². The van der Waals surface area contributed by atoms with Crippen molar-refractivity contribution in [3.8, 4) is 0 Å². The molecule has 0 aliphatic carbocycles. The van der Waals surface area contributed by atoms with Gasteiger partial charge < -0.3 is 4.74 Å². The average Bonchev–Trinajstić information content (AvgIpc) is 2.31. The summed E-state index contributed by atoms with van der Waals surface area (Å²) in [6.07, 6.45) is 6.96. The fourth-order valence-corrected chi connectivity index (χ4v) is 1.96. The SMILES string of the molecule is COC(=O)CCCCCCCCC(F)CI. The molecular formula is C12H22FIO2. The highest BCUT2D eigenvalue weighted by Gasteiger charge is 2.03. The highest BCUT2D eigenvalue weighted by Crippen LogP contribution is 2.12. The van der Waals surface area contributed by atoms with Gasteiger partial charge in [0.15, 0.2) is 0 Å². The number of methoxy groups -OCH3 is 1. The third-order valence-electron chi connectivity index (χ3n) is 2.54. The number of ether oxygens (including phenoxy) is 1. The minimum absolute atomic E-state index is 0.123. The minimum atomic E-state index is -0.625. The first-order valence-electron chi connectivity index (χ1n) is 5.97. The number of rotatable bonds is 10. The van der Waals surface area contributed by atoms with E-state index in [0.717, 1.165) is 38.5 Å². The summed E-state index contributed by atoms with van der Waals surface area (Å²) in [5.74, 6) is -0.123. The first-order valence-corrected chi connectivity index (χ1v) is 7.50. The molecule has 96 valence electrons. The topological polar surface area (TPSA) is 26.3 Å². The molecule has 0 N–H and O–H groups in total. The predicted molar refractivity (Wildman–Crippen MR) is 72.7 cm³/mol. The first-order chi connectivity index (χ1) is 7.70. The minimum Gasteiger partial charge on any atom is -0.469 e. The van der Waals surface area contributed by atoms with Crippen molar-refractivity contribution in [3.63, 3.8) is 0 Å². The van der Waals surface area contributed by atoms with Crippen LogP contribution in [-0.4, -0.2) is 23.7 Å². The Morgan fingerprint density at radius 2 is 1.75 bits per heavy atom. The normalized spacial score (nSPS) is 12.4. The van der Waals surface area contributed by atoms with Gasteiger partial charge in [0.2, 0.25) is 0 Å². The van der Waals surface area contributed by atoms with Crippen LogP contribution in [0, 0.1) is 0 Å². The fraction of sp³-hybridized carbons (Fsp3) is 0.917. The first kappa shape index (κ1) is 16.1. The van der Waals surface area contributed by atoms with Crippen molar-refractivity contribution in [3.05, 3.63) is 0 Å². The molecular weight excluding hydrogens is 322 g/mol. The Morgan fingerprint density at radius 3 is 2.31 bits per heavy atom. The highest BCUT2D eigenvalue weighted by molar-refractivity contribution is 14.1. The maximum atomic E-state index is 12.8. The molecule has 0 aromatic heterocycles. The van der Waals surface area contributed by atoms with Crippen molar-refractivity contribution in [1.29, 1.82) is 0 Å². The Hall–Kier alpha value is 0.130. The number of alkyl halides is 2. The van der Waals surface area contributed by atoms with Gasteiger partial charge in [0.25, 0.3) is 0 Å². The lowest BCUT2D eigenvalue weighted by molar-refractivity contribution is -0.140. The summed E-state index contributed by atoms with van der Waals surface area (Å²) in [7, 11) is 1.42. The van der Waals surface area contributed by atoms with Gasteiger partial charge >= 0.3 is 5.97 Å². The molecule has 0 aromatic rings. The largest absolute Gasteiger partial charge is 0.469 e. The zero-order valence-corrected chi connectivity index (χ0v) is 12.2. The summed E-state index contributed by atoms with van der Waals surface area (Å²) < 4.78 is 18.0. The zero-order valence-electron chi connectivity index (χ0n) is 10.0. The maximum absolute atomic E-state index is 12.8. The van der Waals surface area contributed by atoms with Gasteiger partial charge in [0, 0.05) is 10.8 Å². The van der Waals surface area contributed by atoms with Gasteiger partial charge in [-0.1, -0.05) is 54.7 Å². The van der Waals surface area contributed by atoms with Gasteiger partial charge in [0.05, 0.1) is 7.11 Å². The van der Waals surface area contributed by atoms with Crippen LogP contribution in [0.3, 0.4) is 0 Å². The van der Waals surface area contributed by atoms with Gasteiger partial charge in [-0.25, -0.2) is 4.39 Å². The van der Waals surface area contributed by atoms with Crippen LogP contribution in [0.15, 0.2) is 0 Å². The zero-order chi connectivity index (χ0) is 12.2. The van der Waals surface area contributed by atoms with Crippen molar-refractivity contribution in [2.24, 2.45) is 0 Å². The summed E-state index contributed by atoms with van der Waals surface area (Å²) in [5, 5.41) is 0. The molecule has 4 heteroatoms. The van der Waals surface area contributed by atoms with Crippen molar-refractivity contribution < 1.29 is 13.9 Å².